The summed E-state index contributed by atoms with van der Waals surface area (Å²) >= 11 is 5.02. The third kappa shape index (κ3) is 3.10. The molecule has 1 atom stereocenters. The lowest BCUT2D eigenvalue weighted by Crippen LogP contribution is -2.07. The monoisotopic (exact) mass is 329 g/mol. The molecule has 0 saturated carbocycles. The molecule has 2 aromatic rings. The number of halogens is 2. The molecule has 1 heterocycles. The smallest absolute Gasteiger partial charge is 0.131 e. The Balaban J connectivity index is 2.07. The van der Waals surface area contributed by atoms with Gasteiger partial charge >= 0.3 is 0 Å². The molecule has 0 spiro atoms. The molecule has 18 heavy (non-hydrogen) atoms. The number of benzene rings is 1. The number of hydrogen-bond donors (Lipinski definition) is 1. The summed E-state index contributed by atoms with van der Waals surface area (Å²) in [6, 6.07) is 6.43. The van der Waals surface area contributed by atoms with Gasteiger partial charge in [-0.15, -0.1) is 11.3 Å². The van der Waals surface area contributed by atoms with E-state index in [0.29, 0.717) is 17.9 Å². The first-order valence-electron chi connectivity index (χ1n) is 5.47. The lowest BCUT2D eigenvalue weighted by molar-refractivity contribution is 0.307. The van der Waals surface area contributed by atoms with Crippen molar-refractivity contribution in [2.45, 2.75) is 19.6 Å². The van der Waals surface area contributed by atoms with Crippen LogP contribution in [0.3, 0.4) is 0 Å². The van der Waals surface area contributed by atoms with Crippen molar-refractivity contribution in [1.29, 1.82) is 0 Å². The van der Waals surface area contributed by atoms with Gasteiger partial charge in [0.05, 0.1) is 4.88 Å². The Hall–Kier alpha value is -0.910. The molecule has 0 radical (unpaired) electrons. The maximum Gasteiger partial charge on any atom is 0.131 e. The number of thiophene rings is 1. The van der Waals surface area contributed by atoms with Crippen molar-refractivity contribution < 1.29 is 9.13 Å². The largest absolute Gasteiger partial charge is 0.488 e. The van der Waals surface area contributed by atoms with E-state index in [1.54, 1.807) is 30.4 Å². The molecule has 0 aliphatic rings. The summed E-state index contributed by atoms with van der Waals surface area (Å²) in [6.45, 7) is 2.18. The number of rotatable bonds is 4. The van der Waals surface area contributed by atoms with Gasteiger partial charge in [-0.3, -0.25) is 0 Å². The minimum absolute atomic E-state index is 0.314. The highest BCUT2D eigenvalue weighted by Crippen LogP contribution is 2.25. The first-order chi connectivity index (χ1) is 8.58. The van der Waals surface area contributed by atoms with Crippen LogP contribution in [0.2, 0.25) is 0 Å². The SMILES string of the molecule is C[C@@H](N)c1ccc(OCc2sccc2Br)cc1F. The molecule has 1 aromatic carbocycles. The molecule has 2 nitrogen and oxygen atoms in total. The molecule has 0 fully saturated rings. The van der Waals surface area contributed by atoms with E-state index < -0.39 is 0 Å². The molecule has 2 N–H and O–H groups in total. The van der Waals surface area contributed by atoms with E-state index in [1.165, 1.54) is 6.07 Å². The Bertz CT molecular complexity index is 542. The van der Waals surface area contributed by atoms with Gasteiger partial charge in [0.1, 0.15) is 18.2 Å². The van der Waals surface area contributed by atoms with Crippen molar-refractivity contribution in [3.8, 4) is 5.75 Å². The van der Waals surface area contributed by atoms with Crippen LogP contribution in [0, 0.1) is 5.82 Å². The standard InChI is InChI=1S/C13H13BrFNOS/c1-8(16)10-3-2-9(6-12(10)15)17-7-13-11(14)4-5-18-13/h2-6,8H,7,16H2,1H3/t8-/m1/s1. The molecule has 0 saturated heterocycles. The van der Waals surface area contributed by atoms with Crippen molar-refractivity contribution in [1.82, 2.24) is 0 Å². The van der Waals surface area contributed by atoms with Crippen molar-refractivity contribution in [2.75, 3.05) is 0 Å². The van der Waals surface area contributed by atoms with Crippen LogP contribution in [0.1, 0.15) is 23.4 Å². The van der Waals surface area contributed by atoms with Crippen LogP contribution < -0.4 is 10.5 Å². The van der Waals surface area contributed by atoms with Crippen LogP contribution in [0.4, 0.5) is 4.39 Å². The summed E-state index contributed by atoms with van der Waals surface area (Å²) in [5.41, 5.74) is 6.15. The quantitative estimate of drug-likeness (QED) is 0.910. The van der Waals surface area contributed by atoms with E-state index in [2.05, 4.69) is 15.9 Å². The number of ether oxygens (including phenoxy) is 1. The second-order valence-electron chi connectivity index (χ2n) is 3.95. The summed E-state index contributed by atoms with van der Waals surface area (Å²) in [7, 11) is 0. The van der Waals surface area contributed by atoms with Crippen LogP contribution in [-0.2, 0) is 6.61 Å². The fraction of sp³-hybridized carbons (Fsp3) is 0.231. The number of nitrogens with two attached hydrogens (primary N) is 1. The lowest BCUT2D eigenvalue weighted by atomic mass is 10.1. The molecule has 0 unspecified atom stereocenters. The second-order valence-corrected chi connectivity index (χ2v) is 5.81. The third-order valence-corrected chi connectivity index (χ3v) is 4.42. The van der Waals surface area contributed by atoms with Gasteiger partial charge in [0.25, 0.3) is 0 Å². The molecule has 0 amide bonds. The summed E-state index contributed by atoms with van der Waals surface area (Å²) in [6.07, 6.45) is 0. The Morgan fingerprint density at radius 2 is 2.22 bits per heavy atom. The van der Waals surface area contributed by atoms with E-state index in [0.717, 1.165) is 9.35 Å². The zero-order valence-corrected chi connectivity index (χ0v) is 12.2. The molecular weight excluding hydrogens is 317 g/mol. The average Bonchev–Trinajstić information content (AvgIpc) is 2.72. The fourth-order valence-electron chi connectivity index (χ4n) is 1.54. The van der Waals surface area contributed by atoms with E-state index in [1.807, 2.05) is 11.4 Å². The van der Waals surface area contributed by atoms with Crippen LogP contribution in [0.5, 0.6) is 5.75 Å². The van der Waals surface area contributed by atoms with Gasteiger partial charge in [-0.2, -0.15) is 0 Å². The highest BCUT2D eigenvalue weighted by Gasteiger charge is 2.09. The average molecular weight is 330 g/mol. The van der Waals surface area contributed by atoms with Crippen LogP contribution in [0.15, 0.2) is 34.1 Å². The Labute approximate surface area is 118 Å². The molecule has 1 aromatic heterocycles. The van der Waals surface area contributed by atoms with Crippen molar-refractivity contribution >= 4 is 27.3 Å². The first-order valence-corrected chi connectivity index (χ1v) is 7.15. The maximum absolute atomic E-state index is 13.7. The maximum atomic E-state index is 13.7. The van der Waals surface area contributed by atoms with Crippen LogP contribution in [0.25, 0.3) is 0 Å². The molecule has 0 aliphatic heterocycles. The van der Waals surface area contributed by atoms with E-state index in [4.69, 9.17) is 10.5 Å². The molecule has 96 valence electrons. The molecular formula is C13H13BrFNOS. The Morgan fingerprint density at radius 1 is 1.44 bits per heavy atom. The van der Waals surface area contributed by atoms with Gasteiger partial charge in [0.2, 0.25) is 0 Å². The minimum atomic E-state index is -0.326. The van der Waals surface area contributed by atoms with Gasteiger partial charge in [-0.05, 0) is 40.4 Å². The van der Waals surface area contributed by atoms with Gasteiger partial charge in [-0.25, -0.2) is 4.39 Å². The predicted molar refractivity (Wildman–Crippen MR) is 75.4 cm³/mol. The zero-order valence-electron chi connectivity index (χ0n) is 9.82. The summed E-state index contributed by atoms with van der Waals surface area (Å²) in [5, 5.41) is 1.97. The van der Waals surface area contributed by atoms with Gasteiger partial charge in [0, 0.05) is 22.1 Å². The van der Waals surface area contributed by atoms with E-state index >= 15 is 0 Å². The Morgan fingerprint density at radius 3 is 2.78 bits per heavy atom. The summed E-state index contributed by atoms with van der Waals surface area (Å²) in [4.78, 5) is 1.08. The van der Waals surface area contributed by atoms with Crippen molar-refractivity contribution in [3.05, 3.63) is 50.4 Å². The van der Waals surface area contributed by atoms with Crippen LogP contribution >= 0.6 is 27.3 Å². The van der Waals surface area contributed by atoms with Gasteiger partial charge in [0.15, 0.2) is 0 Å². The molecule has 0 aliphatic carbocycles. The topological polar surface area (TPSA) is 35.2 Å². The normalized spacial score (nSPS) is 12.4. The van der Waals surface area contributed by atoms with E-state index in [-0.39, 0.29) is 11.9 Å². The fourth-order valence-corrected chi connectivity index (χ4v) is 2.92. The molecule has 5 heteroatoms. The summed E-state index contributed by atoms with van der Waals surface area (Å²) in [5.74, 6) is 0.185. The molecule has 2 rings (SSSR count). The van der Waals surface area contributed by atoms with Crippen molar-refractivity contribution in [2.24, 2.45) is 5.73 Å². The van der Waals surface area contributed by atoms with Gasteiger partial charge in [-0.1, -0.05) is 6.07 Å². The third-order valence-electron chi connectivity index (χ3n) is 2.52. The number of hydrogen-bond acceptors (Lipinski definition) is 3. The second kappa shape index (κ2) is 5.82. The molecule has 0 bridgehead atoms. The van der Waals surface area contributed by atoms with Gasteiger partial charge < -0.3 is 10.5 Å². The Kier molecular flexibility index (Phi) is 4.37. The first kappa shape index (κ1) is 13.5. The lowest BCUT2D eigenvalue weighted by Gasteiger charge is -2.10. The predicted octanol–water partition coefficient (Wildman–Crippen LogP) is 4.25. The highest BCUT2D eigenvalue weighted by atomic mass is 79.9. The van der Waals surface area contributed by atoms with Crippen LogP contribution in [-0.4, -0.2) is 0 Å². The van der Waals surface area contributed by atoms with E-state index in [9.17, 15) is 4.39 Å². The minimum Gasteiger partial charge on any atom is -0.488 e. The zero-order chi connectivity index (χ0) is 13.1. The highest BCUT2D eigenvalue weighted by molar-refractivity contribution is 9.10. The summed E-state index contributed by atoms with van der Waals surface area (Å²) < 4.78 is 20.2. The van der Waals surface area contributed by atoms with Crippen molar-refractivity contribution in [3.63, 3.8) is 0 Å².